The molecule has 0 aliphatic carbocycles. The van der Waals surface area contributed by atoms with Gasteiger partial charge in [-0.1, -0.05) is 0 Å². The van der Waals surface area contributed by atoms with Gasteiger partial charge in [0, 0.05) is 22.0 Å². The molecule has 0 fully saturated rings. The Kier molecular flexibility index (Phi) is 5.22. The van der Waals surface area contributed by atoms with Crippen LogP contribution >= 0.6 is 22.6 Å². The smallest absolute Gasteiger partial charge is 0.334 e. The minimum atomic E-state index is -4.50. The third-order valence-electron chi connectivity index (χ3n) is 2.67. The number of hydrogen-bond donors (Lipinski definition) is 2. The number of urea groups is 1. The van der Waals surface area contributed by atoms with Gasteiger partial charge in [-0.25, -0.2) is 4.79 Å². The molecule has 1 heterocycles. The Bertz CT molecular complexity index is 659. The second-order valence-electron chi connectivity index (χ2n) is 4.36. The topological polar surface area (TPSA) is 54.0 Å². The van der Waals surface area contributed by atoms with E-state index >= 15 is 0 Å². The maximum Gasteiger partial charge on any atom is 0.433 e. The van der Waals surface area contributed by atoms with Gasteiger partial charge in [0.05, 0.1) is 0 Å². The zero-order valence-electron chi connectivity index (χ0n) is 11.1. The minimum absolute atomic E-state index is 0.0260. The van der Waals surface area contributed by atoms with Crippen molar-refractivity contribution in [2.24, 2.45) is 0 Å². The number of carbonyl (C=O) groups excluding carboxylic acids is 1. The first-order chi connectivity index (χ1) is 10.3. The van der Waals surface area contributed by atoms with Crippen LogP contribution in [0, 0.1) is 3.57 Å². The van der Waals surface area contributed by atoms with Crippen molar-refractivity contribution in [3.63, 3.8) is 0 Å². The van der Waals surface area contributed by atoms with Crippen LogP contribution in [0.4, 0.5) is 23.7 Å². The first-order valence-corrected chi connectivity index (χ1v) is 7.25. The number of aromatic nitrogens is 1. The van der Waals surface area contributed by atoms with Crippen LogP contribution in [0.1, 0.15) is 11.3 Å². The van der Waals surface area contributed by atoms with Crippen LogP contribution in [-0.4, -0.2) is 11.0 Å². The van der Waals surface area contributed by atoms with Crippen LogP contribution in [0.3, 0.4) is 0 Å². The number of nitrogens with one attached hydrogen (secondary N) is 2. The normalized spacial score (nSPS) is 11.1. The van der Waals surface area contributed by atoms with E-state index < -0.39 is 17.9 Å². The van der Waals surface area contributed by atoms with E-state index in [1.807, 2.05) is 12.1 Å². The van der Waals surface area contributed by atoms with Crippen LogP contribution in [0.2, 0.25) is 0 Å². The quantitative estimate of drug-likeness (QED) is 0.736. The first-order valence-electron chi connectivity index (χ1n) is 6.17. The Hall–Kier alpha value is -1.84. The number of amides is 2. The monoisotopic (exact) mass is 421 g/mol. The summed E-state index contributed by atoms with van der Waals surface area (Å²) in [4.78, 5) is 15.0. The van der Waals surface area contributed by atoms with E-state index in [1.165, 1.54) is 6.07 Å². The summed E-state index contributed by atoms with van der Waals surface area (Å²) >= 11 is 2.14. The lowest BCUT2D eigenvalue weighted by Crippen LogP contribution is -2.28. The van der Waals surface area contributed by atoms with Crippen molar-refractivity contribution in [2.45, 2.75) is 12.7 Å². The molecule has 2 N–H and O–H groups in total. The van der Waals surface area contributed by atoms with Gasteiger partial charge in [-0.15, -0.1) is 0 Å². The van der Waals surface area contributed by atoms with Crippen molar-refractivity contribution < 1.29 is 18.0 Å². The molecule has 0 saturated carbocycles. The minimum Gasteiger partial charge on any atom is -0.334 e. The Morgan fingerprint density at radius 2 is 1.86 bits per heavy atom. The van der Waals surface area contributed by atoms with Crippen molar-refractivity contribution >= 4 is 34.3 Å². The van der Waals surface area contributed by atoms with Gasteiger partial charge in [0.2, 0.25) is 0 Å². The molecule has 4 nitrogen and oxygen atoms in total. The predicted molar refractivity (Wildman–Crippen MR) is 84.3 cm³/mol. The highest BCUT2D eigenvalue weighted by Gasteiger charge is 2.32. The van der Waals surface area contributed by atoms with Gasteiger partial charge in [0.15, 0.2) is 0 Å². The molecule has 0 aliphatic heterocycles. The van der Waals surface area contributed by atoms with Crippen molar-refractivity contribution in [1.82, 2.24) is 10.3 Å². The number of anilines is 1. The lowest BCUT2D eigenvalue weighted by atomic mass is 10.2. The molecule has 2 rings (SSSR count). The van der Waals surface area contributed by atoms with Gasteiger partial charge >= 0.3 is 12.2 Å². The number of pyridine rings is 1. The van der Waals surface area contributed by atoms with Crippen LogP contribution in [0.25, 0.3) is 0 Å². The van der Waals surface area contributed by atoms with Gasteiger partial charge in [-0.05, 0) is 64.6 Å². The molecular weight excluding hydrogens is 410 g/mol. The molecule has 0 atom stereocenters. The summed E-state index contributed by atoms with van der Waals surface area (Å²) < 4.78 is 38.6. The highest BCUT2D eigenvalue weighted by atomic mass is 127. The number of rotatable bonds is 3. The average molecular weight is 421 g/mol. The van der Waals surface area contributed by atoms with E-state index in [0.29, 0.717) is 11.3 Å². The number of alkyl halides is 3. The molecule has 2 amide bonds. The number of nitrogens with zero attached hydrogens (tertiary/aromatic N) is 1. The second-order valence-corrected chi connectivity index (χ2v) is 5.61. The zero-order valence-corrected chi connectivity index (χ0v) is 13.3. The molecule has 2 aromatic rings. The molecular formula is C14H11F3IN3O. The van der Waals surface area contributed by atoms with Gasteiger partial charge in [0.25, 0.3) is 0 Å². The molecule has 116 valence electrons. The van der Waals surface area contributed by atoms with Crippen molar-refractivity contribution in [3.05, 3.63) is 57.4 Å². The van der Waals surface area contributed by atoms with Crippen LogP contribution < -0.4 is 10.6 Å². The Morgan fingerprint density at radius 1 is 1.18 bits per heavy atom. The maximum atomic E-state index is 12.5. The summed E-state index contributed by atoms with van der Waals surface area (Å²) in [5.41, 5.74) is -0.0615. The van der Waals surface area contributed by atoms with Gasteiger partial charge in [-0.2, -0.15) is 13.2 Å². The first kappa shape index (κ1) is 16.5. The molecule has 0 unspecified atom stereocenters. The summed E-state index contributed by atoms with van der Waals surface area (Å²) in [6.07, 6.45) is -3.43. The molecule has 0 aliphatic rings. The predicted octanol–water partition coefficient (Wildman–Crippen LogP) is 4.03. The standard InChI is InChI=1S/C14H11F3IN3O/c15-14(16,17)12-7-9(5-6-19-12)8-20-13(22)21-11-3-1-10(18)2-4-11/h1-7H,8H2,(H2,20,21,22). The molecule has 0 radical (unpaired) electrons. The molecule has 0 spiro atoms. The Labute approximate surface area is 138 Å². The zero-order chi connectivity index (χ0) is 16.2. The fourth-order valence-electron chi connectivity index (χ4n) is 1.63. The highest BCUT2D eigenvalue weighted by Crippen LogP contribution is 2.27. The third kappa shape index (κ3) is 4.86. The summed E-state index contributed by atoms with van der Waals surface area (Å²) in [6, 6.07) is 8.95. The van der Waals surface area contributed by atoms with E-state index in [-0.39, 0.29) is 6.54 Å². The van der Waals surface area contributed by atoms with E-state index in [4.69, 9.17) is 0 Å². The van der Waals surface area contributed by atoms with Crippen LogP contribution in [-0.2, 0) is 12.7 Å². The number of benzene rings is 1. The Balaban J connectivity index is 1.92. The largest absolute Gasteiger partial charge is 0.433 e. The summed E-state index contributed by atoms with van der Waals surface area (Å²) in [5, 5.41) is 5.09. The lowest BCUT2D eigenvalue weighted by molar-refractivity contribution is -0.141. The van der Waals surface area contributed by atoms with E-state index in [2.05, 4.69) is 38.2 Å². The van der Waals surface area contributed by atoms with Crippen molar-refractivity contribution in [1.29, 1.82) is 0 Å². The van der Waals surface area contributed by atoms with E-state index in [1.54, 1.807) is 12.1 Å². The highest BCUT2D eigenvalue weighted by molar-refractivity contribution is 14.1. The van der Waals surface area contributed by atoms with Crippen LogP contribution in [0.5, 0.6) is 0 Å². The molecule has 1 aromatic heterocycles. The fraction of sp³-hybridized carbons (Fsp3) is 0.143. The third-order valence-corrected chi connectivity index (χ3v) is 3.39. The SMILES string of the molecule is O=C(NCc1ccnc(C(F)(F)F)c1)Nc1ccc(I)cc1. The van der Waals surface area contributed by atoms with Crippen LogP contribution in [0.15, 0.2) is 42.6 Å². The number of carbonyl (C=O) groups is 1. The second kappa shape index (κ2) is 6.95. The number of halogens is 4. The van der Waals surface area contributed by atoms with Gasteiger partial charge < -0.3 is 10.6 Å². The van der Waals surface area contributed by atoms with Crippen molar-refractivity contribution in [2.75, 3.05) is 5.32 Å². The molecule has 0 saturated heterocycles. The van der Waals surface area contributed by atoms with E-state index in [9.17, 15) is 18.0 Å². The summed E-state index contributed by atoms with van der Waals surface area (Å²) in [5.74, 6) is 0. The van der Waals surface area contributed by atoms with Gasteiger partial charge in [0.1, 0.15) is 5.69 Å². The molecule has 22 heavy (non-hydrogen) atoms. The fourth-order valence-corrected chi connectivity index (χ4v) is 1.99. The molecule has 1 aromatic carbocycles. The van der Waals surface area contributed by atoms with E-state index in [0.717, 1.165) is 15.8 Å². The Morgan fingerprint density at radius 3 is 2.50 bits per heavy atom. The van der Waals surface area contributed by atoms with Gasteiger partial charge in [-0.3, -0.25) is 4.98 Å². The molecule has 0 bridgehead atoms. The summed E-state index contributed by atoms with van der Waals surface area (Å²) in [6.45, 7) is -0.0260. The maximum absolute atomic E-state index is 12.5. The van der Waals surface area contributed by atoms with Crippen molar-refractivity contribution in [3.8, 4) is 0 Å². The number of hydrogen-bond acceptors (Lipinski definition) is 2. The molecule has 8 heteroatoms. The lowest BCUT2D eigenvalue weighted by Gasteiger charge is -2.10. The average Bonchev–Trinajstić information content (AvgIpc) is 2.47. The summed E-state index contributed by atoms with van der Waals surface area (Å²) in [7, 11) is 0.